The molecule has 21 heavy (non-hydrogen) atoms. The molecular weight excluding hydrogens is 427 g/mol. The first kappa shape index (κ1) is 16.1. The third kappa shape index (κ3) is 3.14. The van der Waals surface area contributed by atoms with Gasteiger partial charge in [-0.15, -0.1) is 0 Å². The Bertz CT molecular complexity index is 564. The largest absolute Gasteiger partial charge is 0.490 e. The van der Waals surface area contributed by atoms with E-state index in [1.165, 1.54) is 0 Å². The number of nitrogens with zero attached hydrogens (tertiary/aromatic N) is 3. The molecule has 9 heteroatoms. The van der Waals surface area contributed by atoms with Crippen LogP contribution in [0.3, 0.4) is 0 Å². The molecule has 0 aliphatic carbocycles. The number of rotatable bonds is 1. The summed E-state index contributed by atoms with van der Waals surface area (Å²) in [5, 5.41) is 10.7. The maximum Gasteiger partial charge on any atom is 0.376 e. The first-order valence-electron chi connectivity index (χ1n) is 6.79. The van der Waals surface area contributed by atoms with Gasteiger partial charge in [-0.2, -0.15) is 0 Å². The number of pyridine rings is 1. The lowest BCUT2D eigenvalue weighted by Crippen LogP contribution is -2.57. The molecule has 2 aliphatic heterocycles. The Kier molecular flexibility index (Phi) is 4.88. The van der Waals surface area contributed by atoms with Crippen LogP contribution in [0.15, 0.2) is 0 Å². The average molecular weight is 442 g/mol. The summed E-state index contributed by atoms with van der Waals surface area (Å²) in [5.74, 6) is 0.652. The first-order valence-corrected chi connectivity index (χ1v) is 8.63. The van der Waals surface area contributed by atoms with Crippen molar-refractivity contribution in [2.75, 3.05) is 26.2 Å². The fourth-order valence-electron chi connectivity index (χ4n) is 2.82. The Morgan fingerprint density at radius 1 is 1.43 bits per heavy atom. The van der Waals surface area contributed by atoms with Crippen LogP contribution in [0.5, 0.6) is 5.75 Å². The van der Waals surface area contributed by atoms with E-state index in [0.29, 0.717) is 32.8 Å². The molecule has 5 nitrogen and oxygen atoms in total. The summed E-state index contributed by atoms with van der Waals surface area (Å²) in [6.45, 7) is 5.46. The van der Waals surface area contributed by atoms with Crippen LogP contribution in [-0.2, 0) is 6.54 Å². The van der Waals surface area contributed by atoms with Crippen molar-refractivity contribution >= 4 is 52.8 Å². The molecule has 0 saturated carbocycles. The van der Waals surface area contributed by atoms with E-state index >= 15 is 0 Å². The SMILES string of the molecule is CB(O)N1CCN2Cc3c(Cl)nc(I)c(Cl)c3OC[C@H]2C1. The predicted molar refractivity (Wildman–Crippen MR) is 92.1 cm³/mol. The molecule has 3 heterocycles. The predicted octanol–water partition coefficient (Wildman–Crippen LogP) is 1.98. The van der Waals surface area contributed by atoms with Crippen molar-refractivity contribution in [3.63, 3.8) is 0 Å². The van der Waals surface area contributed by atoms with Crippen LogP contribution in [-0.4, -0.2) is 59.1 Å². The highest BCUT2D eigenvalue weighted by atomic mass is 127. The van der Waals surface area contributed by atoms with Gasteiger partial charge in [0.15, 0.2) is 0 Å². The van der Waals surface area contributed by atoms with Crippen LogP contribution in [0, 0.1) is 3.70 Å². The van der Waals surface area contributed by atoms with Gasteiger partial charge in [0, 0.05) is 31.7 Å². The lowest BCUT2D eigenvalue weighted by Gasteiger charge is -2.40. The maximum absolute atomic E-state index is 9.75. The van der Waals surface area contributed by atoms with Gasteiger partial charge in [0.2, 0.25) is 0 Å². The molecule has 1 N–H and O–H groups in total. The van der Waals surface area contributed by atoms with E-state index in [1.807, 2.05) is 4.81 Å². The number of piperazine rings is 1. The Balaban J connectivity index is 1.88. The second-order valence-corrected chi connectivity index (χ2v) is 7.13. The fraction of sp³-hybridized carbons (Fsp3) is 0.583. The van der Waals surface area contributed by atoms with E-state index in [9.17, 15) is 5.02 Å². The van der Waals surface area contributed by atoms with Gasteiger partial charge in [-0.25, -0.2) is 4.98 Å². The van der Waals surface area contributed by atoms with Crippen molar-refractivity contribution in [1.29, 1.82) is 0 Å². The smallest absolute Gasteiger partial charge is 0.376 e. The van der Waals surface area contributed by atoms with Crippen molar-refractivity contribution in [2.24, 2.45) is 0 Å². The van der Waals surface area contributed by atoms with Crippen LogP contribution in [0.1, 0.15) is 5.56 Å². The molecule has 0 radical (unpaired) electrons. The monoisotopic (exact) mass is 441 g/mol. The van der Waals surface area contributed by atoms with E-state index in [1.54, 1.807) is 6.82 Å². The fourth-order valence-corrected chi connectivity index (χ4v) is 3.89. The lowest BCUT2D eigenvalue weighted by atomic mass is 9.83. The molecule has 0 amide bonds. The summed E-state index contributed by atoms with van der Waals surface area (Å²) in [6, 6.07) is 0.213. The highest BCUT2D eigenvalue weighted by Crippen LogP contribution is 2.38. The van der Waals surface area contributed by atoms with Crippen molar-refractivity contribution < 1.29 is 9.76 Å². The van der Waals surface area contributed by atoms with E-state index in [0.717, 1.165) is 25.2 Å². The maximum atomic E-state index is 9.75. The van der Waals surface area contributed by atoms with Crippen LogP contribution >= 0.6 is 45.8 Å². The molecule has 0 unspecified atom stereocenters. The number of halogens is 3. The van der Waals surface area contributed by atoms with Gasteiger partial charge in [0.25, 0.3) is 0 Å². The Labute approximate surface area is 147 Å². The number of ether oxygens (including phenoxy) is 1. The van der Waals surface area contributed by atoms with Crippen LogP contribution < -0.4 is 4.74 Å². The van der Waals surface area contributed by atoms with Crippen LogP contribution in [0.25, 0.3) is 0 Å². The second kappa shape index (κ2) is 6.37. The Morgan fingerprint density at radius 3 is 2.90 bits per heavy atom. The topological polar surface area (TPSA) is 48.8 Å². The zero-order chi connectivity index (χ0) is 15.1. The minimum absolute atomic E-state index is 0.213. The lowest BCUT2D eigenvalue weighted by molar-refractivity contribution is 0.0787. The molecule has 1 aromatic heterocycles. The van der Waals surface area contributed by atoms with Gasteiger partial charge in [0.05, 0.1) is 6.04 Å². The molecule has 1 fully saturated rings. The molecule has 0 spiro atoms. The summed E-state index contributed by atoms with van der Waals surface area (Å²) >= 11 is 14.6. The number of fused-ring (bicyclic) bond motifs is 2. The Hall–Kier alpha value is 0.205. The standard InChI is InChI=1S/C12H15BCl2IN3O2/c1-13(20)19-3-2-18-5-8-10(21-6-7(18)4-19)9(14)12(16)17-11(8)15/h7,20H,2-6H2,1H3/t7-/m1/s1. The van der Waals surface area contributed by atoms with E-state index in [2.05, 4.69) is 32.5 Å². The summed E-state index contributed by atoms with van der Waals surface area (Å²) < 4.78 is 6.58. The summed E-state index contributed by atoms with van der Waals surface area (Å²) in [5.41, 5.74) is 0.857. The highest BCUT2D eigenvalue weighted by Gasteiger charge is 2.34. The van der Waals surface area contributed by atoms with Crippen molar-refractivity contribution in [3.05, 3.63) is 19.4 Å². The van der Waals surface area contributed by atoms with E-state index < -0.39 is 7.05 Å². The molecule has 0 bridgehead atoms. The van der Waals surface area contributed by atoms with E-state index in [4.69, 9.17) is 27.9 Å². The Morgan fingerprint density at radius 2 is 2.19 bits per heavy atom. The van der Waals surface area contributed by atoms with Crippen LogP contribution in [0.4, 0.5) is 0 Å². The van der Waals surface area contributed by atoms with Gasteiger partial charge in [0.1, 0.15) is 26.2 Å². The van der Waals surface area contributed by atoms with Gasteiger partial charge in [-0.1, -0.05) is 23.2 Å². The molecule has 3 rings (SSSR count). The van der Waals surface area contributed by atoms with Gasteiger partial charge >= 0.3 is 7.05 Å². The molecule has 114 valence electrons. The average Bonchev–Trinajstić information content (AvgIpc) is 2.64. The second-order valence-electron chi connectivity index (χ2n) is 5.38. The first-order chi connectivity index (χ1) is 9.97. The van der Waals surface area contributed by atoms with Gasteiger partial charge < -0.3 is 14.6 Å². The van der Waals surface area contributed by atoms with E-state index in [-0.39, 0.29) is 6.04 Å². The third-order valence-electron chi connectivity index (χ3n) is 4.05. The highest BCUT2D eigenvalue weighted by molar-refractivity contribution is 14.1. The summed E-state index contributed by atoms with van der Waals surface area (Å²) in [6.07, 6.45) is 0. The quantitative estimate of drug-likeness (QED) is 0.410. The van der Waals surface area contributed by atoms with Crippen molar-refractivity contribution in [2.45, 2.75) is 19.4 Å². The molecule has 2 aliphatic rings. The molecular formula is C12H15BCl2IN3O2. The van der Waals surface area contributed by atoms with Crippen molar-refractivity contribution in [1.82, 2.24) is 14.7 Å². The van der Waals surface area contributed by atoms with Gasteiger partial charge in [-0.05, 0) is 29.4 Å². The zero-order valence-electron chi connectivity index (χ0n) is 11.5. The normalized spacial score (nSPS) is 23.0. The van der Waals surface area contributed by atoms with Crippen molar-refractivity contribution in [3.8, 4) is 5.75 Å². The molecule has 0 aromatic carbocycles. The van der Waals surface area contributed by atoms with Gasteiger partial charge in [-0.3, -0.25) is 4.90 Å². The number of aromatic nitrogens is 1. The minimum Gasteiger partial charge on any atom is -0.490 e. The number of hydrogen-bond acceptors (Lipinski definition) is 5. The molecule has 1 atom stereocenters. The summed E-state index contributed by atoms with van der Waals surface area (Å²) in [7, 11) is -0.437. The summed E-state index contributed by atoms with van der Waals surface area (Å²) in [4.78, 5) is 8.64. The number of hydrogen-bond donors (Lipinski definition) is 1. The molecule has 1 saturated heterocycles. The minimum atomic E-state index is -0.437. The third-order valence-corrected chi connectivity index (χ3v) is 5.81. The molecule has 1 aromatic rings. The zero-order valence-corrected chi connectivity index (χ0v) is 15.2. The van der Waals surface area contributed by atoms with Crippen LogP contribution in [0.2, 0.25) is 17.0 Å².